The Kier molecular flexibility index (Phi) is 5.35. The highest BCUT2D eigenvalue weighted by atomic mass is 32.1. The van der Waals surface area contributed by atoms with Crippen molar-refractivity contribution in [2.24, 2.45) is 5.92 Å². The van der Waals surface area contributed by atoms with E-state index in [1.807, 2.05) is 26.0 Å². The largest absolute Gasteiger partial charge is 0.469 e. The molecule has 0 aliphatic rings. The average molecular weight is 254 g/mol. The second kappa shape index (κ2) is 6.55. The Morgan fingerprint density at radius 3 is 2.47 bits per heavy atom. The lowest BCUT2D eigenvalue weighted by atomic mass is 9.97. The maximum Gasteiger partial charge on any atom is 0.310 e. The number of esters is 1. The van der Waals surface area contributed by atoms with Crippen molar-refractivity contribution in [3.8, 4) is 0 Å². The summed E-state index contributed by atoms with van der Waals surface area (Å²) >= 11 is 1.39. The van der Waals surface area contributed by atoms with Crippen molar-refractivity contribution in [3.63, 3.8) is 0 Å². The molecule has 0 spiro atoms. The molecule has 0 aliphatic heterocycles. The van der Waals surface area contributed by atoms with Crippen LogP contribution in [0.4, 0.5) is 0 Å². The maximum atomic E-state index is 12.1. The van der Waals surface area contributed by atoms with Gasteiger partial charge in [-0.15, -0.1) is 11.3 Å². The van der Waals surface area contributed by atoms with E-state index in [1.54, 1.807) is 0 Å². The quantitative estimate of drug-likeness (QED) is 0.579. The minimum absolute atomic E-state index is 0.0969. The van der Waals surface area contributed by atoms with Crippen molar-refractivity contribution in [1.29, 1.82) is 0 Å². The van der Waals surface area contributed by atoms with Crippen molar-refractivity contribution < 1.29 is 14.3 Å². The van der Waals surface area contributed by atoms with E-state index in [4.69, 9.17) is 0 Å². The van der Waals surface area contributed by atoms with Gasteiger partial charge in [0, 0.05) is 10.8 Å². The van der Waals surface area contributed by atoms with Crippen molar-refractivity contribution >= 4 is 23.1 Å². The molecule has 0 radical (unpaired) electrons. The van der Waals surface area contributed by atoms with Crippen LogP contribution in [0.5, 0.6) is 0 Å². The highest BCUT2D eigenvalue weighted by Crippen LogP contribution is 2.23. The van der Waals surface area contributed by atoms with Crippen LogP contribution < -0.4 is 0 Å². The van der Waals surface area contributed by atoms with E-state index in [2.05, 4.69) is 4.74 Å². The average Bonchev–Trinajstić information content (AvgIpc) is 2.78. The van der Waals surface area contributed by atoms with Gasteiger partial charge in [-0.2, -0.15) is 0 Å². The van der Waals surface area contributed by atoms with Crippen LogP contribution in [0.1, 0.15) is 41.2 Å². The third kappa shape index (κ3) is 3.66. The summed E-state index contributed by atoms with van der Waals surface area (Å²) in [5.74, 6) is 0.0177. The highest BCUT2D eigenvalue weighted by molar-refractivity contribution is 7.14. The zero-order chi connectivity index (χ0) is 12.8. The van der Waals surface area contributed by atoms with Crippen LogP contribution in [-0.4, -0.2) is 18.9 Å². The van der Waals surface area contributed by atoms with E-state index in [-0.39, 0.29) is 24.1 Å². The molecule has 0 aliphatic carbocycles. The SMILES string of the molecule is CCC(CC)C(=O)c1ccc(CC(=O)OC)s1. The van der Waals surface area contributed by atoms with Crippen LogP contribution in [0.25, 0.3) is 0 Å². The lowest BCUT2D eigenvalue weighted by Crippen LogP contribution is -2.11. The highest BCUT2D eigenvalue weighted by Gasteiger charge is 2.18. The van der Waals surface area contributed by atoms with E-state index in [0.29, 0.717) is 0 Å². The second-order valence-corrected chi connectivity index (χ2v) is 5.06. The molecule has 0 aromatic carbocycles. The predicted molar refractivity (Wildman–Crippen MR) is 68.4 cm³/mol. The summed E-state index contributed by atoms with van der Waals surface area (Å²) in [4.78, 5) is 24.8. The van der Waals surface area contributed by atoms with Gasteiger partial charge in [-0.25, -0.2) is 0 Å². The first-order valence-electron chi connectivity index (χ1n) is 5.82. The minimum atomic E-state index is -0.270. The number of carbonyl (C=O) groups excluding carboxylic acids is 2. The first-order valence-corrected chi connectivity index (χ1v) is 6.63. The lowest BCUT2D eigenvalue weighted by Gasteiger charge is -2.08. The molecular weight excluding hydrogens is 236 g/mol. The van der Waals surface area contributed by atoms with Crippen LogP contribution >= 0.6 is 11.3 Å². The zero-order valence-corrected chi connectivity index (χ0v) is 11.3. The number of hydrogen-bond acceptors (Lipinski definition) is 4. The van der Waals surface area contributed by atoms with E-state index in [9.17, 15) is 9.59 Å². The van der Waals surface area contributed by atoms with E-state index >= 15 is 0 Å². The summed E-state index contributed by atoms with van der Waals surface area (Å²) in [5.41, 5.74) is 0. The number of rotatable bonds is 6. The molecule has 94 valence electrons. The van der Waals surface area contributed by atoms with Gasteiger partial charge in [0.15, 0.2) is 5.78 Å². The Balaban J connectivity index is 2.73. The van der Waals surface area contributed by atoms with Crippen molar-refractivity contribution in [2.75, 3.05) is 7.11 Å². The first-order chi connectivity index (χ1) is 8.12. The molecule has 4 heteroatoms. The van der Waals surface area contributed by atoms with E-state index < -0.39 is 0 Å². The molecule has 0 saturated heterocycles. The summed E-state index contributed by atoms with van der Waals surface area (Å²) in [7, 11) is 1.37. The molecule has 0 fully saturated rings. The second-order valence-electron chi connectivity index (χ2n) is 3.90. The van der Waals surface area contributed by atoms with E-state index in [0.717, 1.165) is 22.6 Å². The summed E-state index contributed by atoms with van der Waals surface area (Å²) < 4.78 is 4.60. The molecule has 0 N–H and O–H groups in total. The van der Waals surface area contributed by atoms with Gasteiger partial charge in [-0.1, -0.05) is 13.8 Å². The first kappa shape index (κ1) is 13.9. The third-order valence-corrected chi connectivity index (χ3v) is 3.91. The lowest BCUT2D eigenvalue weighted by molar-refractivity contribution is -0.139. The monoisotopic (exact) mass is 254 g/mol. The van der Waals surface area contributed by atoms with Crippen LogP contribution in [0.15, 0.2) is 12.1 Å². The van der Waals surface area contributed by atoms with Crippen LogP contribution in [-0.2, 0) is 16.0 Å². The fraction of sp³-hybridized carbons (Fsp3) is 0.538. The zero-order valence-electron chi connectivity index (χ0n) is 10.5. The number of ketones is 1. The van der Waals surface area contributed by atoms with Gasteiger partial charge < -0.3 is 4.74 Å². The van der Waals surface area contributed by atoms with Gasteiger partial charge in [-0.3, -0.25) is 9.59 Å². The summed E-state index contributed by atoms with van der Waals surface area (Å²) in [6.07, 6.45) is 1.97. The fourth-order valence-corrected chi connectivity index (χ4v) is 2.69. The van der Waals surface area contributed by atoms with Crippen molar-refractivity contribution in [2.45, 2.75) is 33.1 Å². The third-order valence-electron chi connectivity index (χ3n) is 2.81. The van der Waals surface area contributed by atoms with Gasteiger partial charge in [0.05, 0.1) is 18.4 Å². The number of ether oxygens (including phenoxy) is 1. The van der Waals surface area contributed by atoms with E-state index in [1.165, 1.54) is 18.4 Å². The molecule has 0 unspecified atom stereocenters. The Morgan fingerprint density at radius 1 is 1.29 bits per heavy atom. The van der Waals surface area contributed by atoms with Crippen LogP contribution in [0.3, 0.4) is 0 Å². The van der Waals surface area contributed by atoms with Crippen molar-refractivity contribution in [3.05, 3.63) is 21.9 Å². The molecule has 3 nitrogen and oxygen atoms in total. The Labute approximate surface area is 106 Å². The molecule has 0 saturated carbocycles. The van der Waals surface area contributed by atoms with Crippen molar-refractivity contribution in [1.82, 2.24) is 0 Å². The van der Waals surface area contributed by atoms with Gasteiger partial charge in [-0.05, 0) is 25.0 Å². The van der Waals surface area contributed by atoms with Crippen LogP contribution in [0.2, 0.25) is 0 Å². The van der Waals surface area contributed by atoms with Gasteiger partial charge >= 0.3 is 5.97 Å². The molecule has 0 bridgehead atoms. The maximum absolute atomic E-state index is 12.1. The molecule has 1 rings (SSSR count). The molecule has 1 aromatic heterocycles. The Bertz CT molecular complexity index is 391. The molecule has 1 heterocycles. The Morgan fingerprint density at radius 2 is 1.94 bits per heavy atom. The smallest absolute Gasteiger partial charge is 0.310 e. The van der Waals surface area contributed by atoms with Gasteiger partial charge in [0.25, 0.3) is 0 Å². The summed E-state index contributed by atoms with van der Waals surface area (Å²) in [6.45, 7) is 4.05. The topological polar surface area (TPSA) is 43.4 Å². The summed E-state index contributed by atoms with van der Waals surface area (Å²) in [6, 6.07) is 3.64. The fourth-order valence-electron chi connectivity index (χ4n) is 1.68. The minimum Gasteiger partial charge on any atom is -0.469 e. The number of Topliss-reactive ketones (excluding diaryl/α,β-unsaturated/α-hetero) is 1. The summed E-state index contributed by atoms with van der Waals surface area (Å²) in [5, 5.41) is 0. The predicted octanol–water partition coefficient (Wildman–Crippen LogP) is 3.08. The number of hydrogen-bond donors (Lipinski definition) is 0. The molecule has 17 heavy (non-hydrogen) atoms. The van der Waals surface area contributed by atoms with Gasteiger partial charge in [0.2, 0.25) is 0 Å². The molecule has 1 aromatic rings. The molecular formula is C13H18O3S. The standard InChI is InChI=1S/C13H18O3S/c1-4-9(5-2)13(15)11-7-6-10(17-11)8-12(14)16-3/h6-7,9H,4-5,8H2,1-3H3. The molecule has 0 atom stereocenters. The van der Waals surface area contributed by atoms with Crippen LogP contribution in [0, 0.1) is 5.92 Å². The van der Waals surface area contributed by atoms with Gasteiger partial charge in [0.1, 0.15) is 0 Å². The normalized spacial score (nSPS) is 10.6. The number of methoxy groups -OCH3 is 1. The number of thiophene rings is 1. The number of carbonyl (C=O) groups is 2. The Hall–Kier alpha value is -1.16. The molecule has 0 amide bonds.